The number of carbonyl (C=O) groups is 3. The van der Waals surface area contributed by atoms with E-state index in [4.69, 9.17) is 24.7 Å². The first-order valence-corrected chi connectivity index (χ1v) is 12.9. The van der Waals surface area contributed by atoms with Crippen LogP contribution in [-0.2, 0) is 44.0 Å². The van der Waals surface area contributed by atoms with Crippen molar-refractivity contribution in [3.05, 3.63) is 24.2 Å². The summed E-state index contributed by atoms with van der Waals surface area (Å²) < 4.78 is 46.8. The average Bonchev–Trinajstić information content (AvgIpc) is 3.38. The van der Waals surface area contributed by atoms with Gasteiger partial charge in [0.25, 0.3) is 0 Å². The van der Waals surface area contributed by atoms with E-state index < -0.39 is 58.4 Å². The van der Waals surface area contributed by atoms with Gasteiger partial charge in [-0.1, -0.05) is 0 Å². The van der Waals surface area contributed by atoms with E-state index in [1.807, 2.05) is 6.07 Å². The molecule has 2 aliphatic heterocycles. The zero-order valence-corrected chi connectivity index (χ0v) is 20.7. The van der Waals surface area contributed by atoms with Gasteiger partial charge in [0.05, 0.1) is 17.2 Å². The molecule has 0 aromatic carbocycles. The predicted octanol–water partition coefficient (Wildman–Crippen LogP) is -0.840. The molecule has 198 valence electrons. The fraction of sp³-hybridized carbons (Fsp3) is 0.524. The number of amides is 1. The molecule has 0 radical (unpaired) electrons. The number of nitrogen functional groups attached to an aromatic ring is 1. The van der Waals surface area contributed by atoms with Gasteiger partial charge in [-0.3, -0.25) is 9.59 Å². The third-order valence-electron chi connectivity index (χ3n) is 6.00. The fourth-order valence-electron chi connectivity index (χ4n) is 4.31. The lowest BCUT2D eigenvalue weighted by Gasteiger charge is -2.28. The van der Waals surface area contributed by atoms with Gasteiger partial charge in [0.2, 0.25) is 5.60 Å². The number of rotatable bonds is 5. The van der Waals surface area contributed by atoms with Crippen molar-refractivity contribution in [3.8, 4) is 6.07 Å². The molecular formula is C21H24N6O9S. The molecule has 0 saturated carbocycles. The lowest BCUT2D eigenvalue weighted by Crippen LogP contribution is -2.46. The monoisotopic (exact) mass is 536 g/mol. The number of fused-ring (bicyclic) bond motifs is 1. The normalized spacial score (nSPS) is 26.8. The number of hydrogen-bond donors (Lipinski definition) is 1. The highest BCUT2D eigenvalue weighted by atomic mass is 32.2. The molecular weight excluding hydrogens is 512 g/mol. The summed E-state index contributed by atoms with van der Waals surface area (Å²) in [6, 6.07) is 5.03. The van der Waals surface area contributed by atoms with E-state index in [0.29, 0.717) is 5.52 Å². The second-order valence-corrected chi connectivity index (χ2v) is 10.8. The van der Waals surface area contributed by atoms with E-state index in [1.54, 1.807) is 0 Å². The van der Waals surface area contributed by atoms with E-state index in [1.165, 1.54) is 21.5 Å². The molecule has 15 nitrogen and oxygen atoms in total. The third-order valence-corrected chi connectivity index (χ3v) is 7.61. The first kappa shape index (κ1) is 26.1. The number of ether oxygens (including phenoxy) is 4. The van der Waals surface area contributed by atoms with Gasteiger partial charge >= 0.3 is 18.0 Å². The molecule has 2 aliphatic rings. The van der Waals surface area contributed by atoms with Crippen LogP contribution in [0.2, 0.25) is 0 Å². The van der Waals surface area contributed by atoms with Crippen LogP contribution in [0.4, 0.5) is 10.6 Å². The molecule has 0 bridgehead atoms. The van der Waals surface area contributed by atoms with Gasteiger partial charge < -0.3 is 29.6 Å². The molecule has 37 heavy (non-hydrogen) atoms. The van der Waals surface area contributed by atoms with Crippen LogP contribution in [0.15, 0.2) is 18.5 Å². The molecule has 2 fully saturated rings. The Morgan fingerprint density at radius 2 is 1.89 bits per heavy atom. The van der Waals surface area contributed by atoms with Crippen LogP contribution in [0.3, 0.4) is 0 Å². The molecule has 0 aliphatic carbocycles. The summed E-state index contributed by atoms with van der Waals surface area (Å²) in [4.78, 5) is 41.7. The van der Waals surface area contributed by atoms with E-state index in [0.717, 1.165) is 20.2 Å². The number of esters is 2. The molecule has 2 saturated heterocycles. The Bertz CT molecular complexity index is 1370. The summed E-state index contributed by atoms with van der Waals surface area (Å²) >= 11 is 0. The Balaban J connectivity index is 1.67. The van der Waals surface area contributed by atoms with Crippen molar-refractivity contribution in [1.29, 1.82) is 5.26 Å². The van der Waals surface area contributed by atoms with Crippen molar-refractivity contribution < 1.29 is 41.7 Å². The number of aromatic nitrogens is 3. The van der Waals surface area contributed by atoms with E-state index >= 15 is 0 Å². The van der Waals surface area contributed by atoms with Crippen molar-refractivity contribution in [2.75, 3.05) is 36.9 Å². The van der Waals surface area contributed by atoms with Crippen LogP contribution in [0.5, 0.6) is 0 Å². The van der Waals surface area contributed by atoms with Gasteiger partial charge in [-0.25, -0.2) is 22.7 Å². The summed E-state index contributed by atoms with van der Waals surface area (Å²) in [6.07, 6.45) is -3.71. The summed E-state index contributed by atoms with van der Waals surface area (Å²) in [6.45, 7) is 1.64. The van der Waals surface area contributed by atoms with Crippen molar-refractivity contribution in [2.45, 2.75) is 37.8 Å². The molecule has 1 amide bonds. The van der Waals surface area contributed by atoms with Crippen molar-refractivity contribution in [1.82, 2.24) is 19.5 Å². The summed E-state index contributed by atoms with van der Waals surface area (Å²) in [7, 11) is -3.22. The topological polar surface area (TPSA) is 206 Å². The van der Waals surface area contributed by atoms with E-state index in [-0.39, 0.29) is 36.1 Å². The molecule has 4 rings (SSSR count). The summed E-state index contributed by atoms with van der Waals surface area (Å²) in [5.74, 6) is -1.83. The maximum atomic E-state index is 12.6. The molecule has 16 heteroatoms. The second-order valence-electron chi connectivity index (χ2n) is 8.48. The highest BCUT2D eigenvalue weighted by Gasteiger charge is 2.62. The van der Waals surface area contributed by atoms with Crippen molar-refractivity contribution >= 4 is 39.2 Å². The minimum atomic E-state index is -3.22. The van der Waals surface area contributed by atoms with Crippen LogP contribution in [0.1, 0.15) is 19.5 Å². The number of hydrogen-bond acceptors (Lipinski definition) is 13. The molecule has 2 aromatic rings. The number of nitrogens with zero attached hydrogens (tertiary/aromatic N) is 5. The number of nitrogens with two attached hydrogens (primary N) is 1. The Labute approximate surface area is 210 Å². The predicted molar refractivity (Wildman–Crippen MR) is 122 cm³/mol. The third kappa shape index (κ3) is 5.00. The van der Waals surface area contributed by atoms with E-state index in [9.17, 15) is 28.1 Å². The SMILES string of the molecule is CC(=O)O[C@H]1[C@@H](OC(C)=O)[C@](C#N)(c2ccc3c(N)ncnn23)O[C@@H]1COC(=O)N1CCS(=O)(=O)CC1. The first-order valence-electron chi connectivity index (χ1n) is 11.1. The van der Waals surface area contributed by atoms with Gasteiger partial charge in [0.15, 0.2) is 27.9 Å². The fourth-order valence-corrected chi connectivity index (χ4v) is 5.51. The zero-order chi connectivity index (χ0) is 27.0. The number of anilines is 1. The van der Waals surface area contributed by atoms with Crippen LogP contribution >= 0.6 is 0 Å². The minimum Gasteiger partial charge on any atom is -0.455 e. The largest absolute Gasteiger partial charge is 0.455 e. The first-order chi connectivity index (χ1) is 17.5. The molecule has 0 unspecified atom stereocenters. The maximum absolute atomic E-state index is 12.6. The van der Waals surface area contributed by atoms with Crippen molar-refractivity contribution in [2.24, 2.45) is 0 Å². The number of nitriles is 1. The Morgan fingerprint density at radius 3 is 2.51 bits per heavy atom. The van der Waals surface area contributed by atoms with Gasteiger partial charge in [0.1, 0.15) is 30.6 Å². The smallest absolute Gasteiger partial charge is 0.409 e. The zero-order valence-electron chi connectivity index (χ0n) is 19.9. The Morgan fingerprint density at radius 1 is 1.22 bits per heavy atom. The van der Waals surface area contributed by atoms with Gasteiger partial charge in [-0.2, -0.15) is 10.4 Å². The van der Waals surface area contributed by atoms with Crippen LogP contribution in [-0.4, -0.2) is 95.5 Å². The summed E-state index contributed by atoms with van der Waals surface area (Å²) in [5.41, 5.74) is 4.31. The highest BCUT2D eigenvalue weighted by molar-refractivity contribution is 7.91. The van der Waals surface area contributed by atoms with Crippen LogP contribution in [0, 0.1) is 11.3 Å². The summed E-state index contributed by atoms with van der Waals surface area (Å²) in [5, 5.41) is 14.4. The number of carbonyl (C=O) groups excluding carboxylic acids is 3. The Hall–Kier alpha value is -3.97. The van der Waals surface area contributed by atoms with Crippen LogP contribution in [0.25, 0.3) is 5.52 Å². The molecule has 0 spiro atoms. The molecule has 2 N–H and O–H groups in total. The van der Waals surface area contributed by atoms with Crippen molar-refractivity contribution in [3.63, 3.8) is 0 Å². The van der Waals surface area contributed by atoms with Crippen LogP contribution < -0.4 is 5.73 Å². The van der Waals surface area contributed by atoms with Gasteiger partial charge in [-0.15, -0.1) is 0 Å². The Kier molecular flexibility index (Phi) is 6.93. The maximum Gasteiger partial charge on any atom is 0.409 e. The lowest BCUT2D eigenvalue weighted by atomic mass is 9.92. The lowest BCUT2D eigenvalue weighted by molar-refractivity contribution is -0.166. The minimum absolute atomic E-state index is 0.0461. The molecule has 4 heterocycles. The number of sulfone groups is 1. The van der Waals surface area contributed by atoms with Gasteiger partial charge in [-0.05, 0) is 12.1 Å². The average molecular weight is 537 g/mol. The molecule has 4 atom stereocenters. The van der Waals surface area contributed by atoms with Gasteiger partial charge in [0, 0.05) is 26.9 Å². The highest BCUT2D eigenvalue weighted by Crippen LogP contribution is 2.43. The second kappa shape index (κ2) is 9.82. The standard InChI is InChI=1S/C21H24N6O9S/c1-12(28)34-17-15(9-33-20(30)26-5-7-37(31,32)8-6-26)36-21(10-22,18(17)35-13(2)29)16-4-3-14-19(23)24-11-25-27(14)16/h3-4,11,15,17-18H,5-9H2,1-2H3,(H2,23,24,25)/t15-,17-,18-,21+/m1/s1. The quantitative estimate of drug-likeness (QED) is 0.366. The van der Waals surface area contributed by atoms with E-state index in [2.05, 4.69) is 10.1 Å². The molecule has 2 aromatic heterocycles.